The van der Waals surface area contributed by atoms with Crippen molar-refractivity contribution in [2.75, 3.05) is 0 Å². The first-order valence-corrected chi connectivity index (χ1v) is 8.70. The topological polar surface area (TPSA) is 39.2 Å². The molecule has 0 radical (unpaired) electrons. The molecule has 0 spiro atoms. The van der Waals surface area contributed by atoms with Gasteiger partial charge in [0.05, 0.1) is 6.61 Å². The highest BCUT2D eigenvalue weighted by Crippen LogP contribution is 2.36. The van der Waals surface area contributed by atoms with Crippen molar-refractivity contribution >= 4 is 14.6 Å². The Hall–Kier alpha value is -1.00. The van der Waals surface area contributed by atoms with Gasteiger partial charge in [-0.1, -0.05) is 20.8 Å². The summed E-state index contributed by atoms with van der Waals surface area (Å²) in [6.45, 7) is 11.6. The van der Waals surface area contributed by atoms with Crippen LogP contribution in [0.2, 0.25) is 18.1 Å². The predicted octanol–water partition coefficient (Wildman–Crippen LogP) is 3.42. The molecule has 1 heterocycles. The maximum atomic E-state index is 10.6. The Bertz CT molecular complexity index is 397. The Kier molecular flexibility index (Phi) is 4.22. The molecule has 1 aromatic heterocycles. The minimum absolute atomic E-state index is 0.197. The third-order valence-corrected chi connectivity index (χ3v) is 7.84. The van der Waals surface area contributed by atoms with Crippen LogP contribution in [0, 0.1) is 0 Å². The quantitative estimate of drug-likeness (QED) is 0.608. The average molecular weight is 251 g/mol. The summed E-state index contributed by atoms with van der Waals surface area (Å²) < 4.78 is 6.06. The highest BCUT2D eigenvalue weighted by atomic mass is 28.4. The Balaban J connectivity index is 2.70. The monoisotopic (exact) mass is 251 g/mol. The van der Waals surface area contributed by atoms with E-state index in [2.05, 4.69) is 38.8 Å². The number of aromatic nitrogens is 1. The normalized spacial score (nSPS) is 12.5. The van der Waals surface area contributed by atoms with Crippen LogP contribution in [0.25, 0.3) is 0 Å². The van der Waals surface area contributed by atoms with E-state index in [1.54, 1.807) is 12.4 Å². The van der Waals surface area contributed by atoms with Crippen LogP contribution in [0.3, 0.4) is 0 Å². The van der Waals surface area contributed by atoms with Gasteiger partial charge in [0, 0.05) is 18.0 Å². The molecule has 0 aliphatic heterocycles. The molecule has 0 atom stereocenters. The lowest BCUT2D eigenvalue weighted by atomic mass is 10.2. The molecular weight excluding hydrogens is 230 g/mol. The molecule has 17 heavy (non-hydrogen) atoms. The molecule has 3 nitrogen and oxygen atoms in total. The number of carbonyl (C=O) groups excluding carboxylic acids is 1. The summed E-state index contributed by atoms with van der Waals surface area (Å²) in [4.78, 5) is 14.7. The Morgan fingerprint density at radius 3 is 2.53 bits per heavy atom. The minimum Gasteiger partial charge on any atom is -0.413 e. The minimum atomic E-state index is -1.73. The molecule has 94 valence electrons. The first-order chi connectivity index (χ1) is 7.76. The summed E-state index contributed by atoms with van der Waals surface area (Å²) >= 11 is 0. The lowest BCUT2D eigenvalue weighted by Gasteiger charge is -2.36. The Labute approximate surface area is 104 Å². The number of aldehydes is 1. The maximum absolute atomic E-state index is 10.6. The van der Waals surface area contributed by atoms with Gasteiger partial charge in [0.1, 0.15) is 0 Å². The van der Waals surface area contributed by atoms with E-state index in [4.69, 9.17) is 4.43 Å². The van der Waals surface area contributed by atoms with Gasteiger partial charge in [0.25, 0.3) is 0 Å². The largest absolute Gasteiger partial charge is 0.413 e. The summed E-state index contributed by atoms with van der Waals surface area (Å²) in [6.07, 6.45) is 4.12. The molecular formula is C13H21NO2Si. The molecule has 0 amide bonds. The Morgan fingerprint density at radius 1 is 1.35 bits per heavy atom. The molecule has 1 rings (SSSR count). The zero-order chi connectivity index (χ0) is 13.1. The predicted molar refractivity (Wildman–Crippen MR) is 71.6 cm³/mol. The summed E-state index contributed by atoms with van der Waals surface area (Å²) in [5.41, 5.74) is 1.56. The van der Waals surface area contributed by atoms with E-state index in [-0.39, 0.29) is 5.04 Å². The number of hydrogen-bond donors (Lipinski definition) is 0. The van der Waals surface area contributed by atoms with Gasteiger partial charge in [0.15, 0.2) is 14.6 Å². The third kappa shape index (κ3) is 3.75. The molecule has 0 saturated carbocycles. The SMILES string of the molecule is CC(C)(C)[Si](C)(C)OCc1cncc(C=O)c1. The molecule has 0 aliphatic rings. The zero-order valence-corrected chi connectivity index (χ0v) is 12.3. The second-order valence-electron chi connectivity index (χ2n) is 5.79. The van der Waals surface area contributed by atoms with Crippen molar-refractivity contribution < 1.29 is 9.22 Å². The smallest absolute Gasteiger partial charge is 0.192 e. The van der Waals surface area contributed by atoms with Gasteiger partial charge in [-0.15, -0.1) is 0 Å². The van der Waals surface area contributed by atoms with Gasteiger partial charge in [-0.3, -0.25) is 9.78 Å². The second kappa shape index (κ2) is 5.10. The van der Waals surface area contributed by atoms with Crippen LogP contribution in [-0.2, 0) is 11.0 Å². The van der Waals surface area contributed by atoms with Gasteiger partial charge < -0.3 is 4.43 Å². The van der Waals surface area contributed by atoms with Gasteiger partial charge in [0.2, 0.25) is 0 Å². The van der Waals surface area contributed by atoms with Crippen LogP contribution < -0.4 is 0 Å². The van der Waals surface area contributed by atoms with E-state index < -0.39 is 8.32 Å². The molecule has 0 fully saturated rings. The fourth-order valence-electron chi connectivity index (χ4n) is 1.13. The van der Waals surface area contributed by atoms with Crippen LogP contribution >= 0.6 is 0 Å². The molecule has 0 aromatic carbocycles. The summed E-state index contributed by atoms with van der Waals surface area (Å²) in [5, 5.41) is 0.197. The second-order valence-corrected chi connectivity index (χ2v) is 10.6. The highest BCUT2D eigenvalue weighted by molar-refractivity contribution is 6.74. The van der Waals surface area contributed by atoms with Crippen molar-refractivity contribution in [3.05, 3.63) is 29.6 Å². The Morgan fingerprint density at radius 2 is 2.00 bits per heavy atom. The van der Waals surface area contributed by atoms with Crippen LogP contribution in [0.15, 0.2) is 18.5 Å². The van der Waals surface area contributed by atoms with E-state index in [1.807, 2.05) is 6.07 Å². The molecule has 0 bridgehead atoms. The van der Waals surface area contributed by atoms with Crippen LogP contribution in [0.5, 0.6) is 0 Å². The van der Waals surface area contributed by atoms with Gasteiger partial charge in [-0.2, -0.15) is 0 Å². The summed E-state index contributed by atoms with van der Waals surface area (Å²) in [7, 11) is -1.73. The summed E-state index contributed by atoms with van der Waals surface area (Å²) in [6, 6.07) is 1.83. The van der Waals surface area contributed by atoms with Crippen LogP contribution in [0.4, 0.5) is 0 Å². The number of rotatable bonds is 4. The van der Waals surface area contributed by atoms with Crippen molar-refractivity contribution in [1.29, 1.82) is 0 Å². The van der Waals surface area contributed by atoms with E-state index in [0.29, 0.717) is 12.2 Å². The molecule has 0 aliphatic carbocycles. The van der Waals surface area contributed by atoms with Gasteiger partial charge >= 0.3 is 0 Å². The molecule has 0 unspecified atom stereocenters. The number of pyridine rings is 1. The van der Waals surface area contributed by atoms with E-state index in [9.17, 15) is 4.79 Å². The number of carbonyl (C=O) groups is 1. The summed E-state index contributed by atoms with van der Waals surface area (Å²) in [5.74, 6) is 0. The van der Waals surface area contributed by atoms with Gasteiger partial charge in [-0.05, 0) is 29.8 Å². The van der Waals surface area contributed by atoms with Crippen LogP contribution in [0.1, 0.15) is 36.7 Å². The first-order valence-electron chi connectivity index (χ1n) is 5.79. The van der Waals surface area contributed by atoms with E-state index in [0.717, 1.165) is 11.8 Å². The van der Waals surface area contributed by atoms with Crippen molar-refractivity contribution in [2.45, 2.75) is 45.5 Å². The zero-order valence-electron chi connectivity index (χ0n) is 11.3. The standard InChI is InChI=1S/C13H21NO2Si/c1-13(2,3)17(4,5)16-10-12-6-11(9-15)7-14-8-12/h6-9H,10H2,1-5H3. The van der Waals surface area contributed by atoms with E-state index >= 15 is 0 Å². The van der Waals surface area contributed by atoms with E-state index in [1.165, 1.54) is 0 Å². The lowest BCUT2D eigenvalue weighted by molar-refractivity contribution is 0.112. The molecule has 4 heteroatoms. The van der Waals surface area contributed by atoms with Crippen molar-refractivity contribution in [3.63, 3.8) is 0 Å². The van der Waals surface area contributed by atoms with Gasteiger partial charge in [-0.25, -0.2) is 0 Å². The lowest BCUT2D eigenvalue weighted by Crippen LogP contribution is -2.40. The van der Waals surface area contributed by atoms with Crippen molar-refractivity contribution in [1.82, 2.24) is 4.98 Å². The van der Waals surface area contributed by atoms with Crippen molar-refractivity contribution in [3.8, 4) is 0 Å². The number of nitrogens with zero attached hydrogens (tertiary/aromatic N) is 1. The van der Waals surface area contributed by atoms with Crippen LogP contribution in [-0.4, -0.2) is 19.6 Å². The number of hydrogen-bond acceptors (Lipinski definition) is 3. The fourth-order valence-corrected chi connectivity index (χ4v) is 2.09. The van der Waals surface area contributed by atoms with Crippen molar-refractivity contribution in [2.24, 2.45) is 0 Å². The molecule has 0 saturated heterocycles. The fraction of sp³-hybridized carbons (Fsp3) is 0.538. The molecule has 0 N–H and O–H groups in total. The maximum Gasteiger partial charge on any atom is 0.192 e. The first kappa shape index (κ1) is 14.1. The highest BCUT2D eigenvalue weighted by Gasteiger charge is 2.36. The average Bonchev–Trinajstić information content (AvgIpc) is 2.25. The third-order valence-electron chi connectivity index (χ3n) is 3.36. The molecule has 1 aromatic rings.